The Kier molecular flexibility index (Phi) is 3.63. The zero-order chi connectivity index (χ0) is 13.1. The van der Waals surface area contributed by atoms with E-state index in [2.05, 4.69) is 10.3 Å². The SMILES string of the molecule is Cc1cccc(NC(=O)c2ccc(C)nc2Cl)c1. The molecule has 0 aliphatic heterocycles. The highest BCUT2D eigenvalue weighted by atomic mass is 35.5. The van der Waals surface area contributed by atoms with Gasteiger partial charge in [0, 0.05) is 11.4 Å². The van der Waals surface area contributed by atoms with Crippen molar-refractivity contribution in [1.29, 1.82) is 0 Å². The fourth-order valence-corrected chi connectivity index (χ4v) is 1.90. The predicted octanol–water partition coefficient (Wildman–Crippen LogP) is 3.60. The second kappa shape index (κ2) is 5.19. The zero-order valence-corrected chi connectivity index (χ0v) is 11.0. The van der Waals surface area contributed by atoms with Gasteiger partial charge in [-0.2, -0.15) is 0 Å². The van der Waals surface area contributed by atoms with Gasteiger partial charge in [-0.1, -0.05) is 23.7 Å². The number of nitrogens with one attached hydrogen (secondary N) is 1. The Bertz CT molecular complexity index is 596. The van der Waals surface area contributed by atoms with E-state index in [-0.39, 0.29) is 11.1 Å². The van der Waals surface area contributed by atoms with Gasteiger partial charge in [0.15, 0.2) is 0 Å². The molecule has 0 fully saturated rings. The topological polar surface area (TPSA) is 42.0 Å². The van der Waals surface area contributed by atoms with Crippen LogP contribution in [0, 0.1) is 13.8 Å². The maximum absolute atomic E-state index is 12.0. The Balaban J connectivity index is 2.22. The Morgan fingerprint density at radius 2 is 2.00 bits per heavy atom. The van der Waals surface area contributed by atoms with Crippen molar-refractivity contribution in [3.63, 3.8) is 0 Å². The molecular formula is C14H13ClN2O. The summed E-state index contributed by atoms with van der Waals surface area (Å²) < 4.78 is 0. The Morgan fingerprint density at radius 1 is 1.22 bits per heavy atom. The third kappa shape index (κ3) is 2.87. The Hall–Kier alpha value is -1.87. The summed E-state index contributed by atoms with van der Waals surface area (Å²) in [5, 5.41) is 3.02. The van der Waals surface area contributed by atoms with E-state index >= 15 is 0 Å². The first kappa shape index (κ1) is 12.6. The van der Waals surface area contributed by atoms with Gasteiger partial charge in [-0.15, -0.1) is 0 Å². The van der Waals surface area contributed by atoms with Gasteiger partial charge in [0.25, 0.3) is 5.91 Å². The molecule has 1 heterocycles. The molecule has 0 unspecified atom stereocenters. The highest BCUT2D eigenvalue weighted by molar-refractivity contribution is 6.33. The summed E-state index contributed by atoms with van der Waals surface area (Å²) >= 11 is 5.95. The smallest absolute Gasteiger partial charge is 0.258 e. The van der Waals surface area contributed by atoms with Gasteiger partial charge in [-0.25, -0.2) is 4.98 Å². The molecule has 4 heteroatoms. The summed E-state index contributed by atoms with van der Waals surface area (Å²) in [5.74, 6) is -0.252. The predicted molar refractivity (Wildman–Crippen MR) is 73.1 cm³/mol. The van der Waals surface area contributed by atoms with E-state index in [9.17, 15) is 4.79 Å². The molecule has 2 rings (SSSR count). The highest BCUT2D eigenvalue weighted by Crippen LogP contribution is 2.16. The summed E-state index contributed by atoms with van der Waals surface area (Å²) in [6.07, 6.45) is 0. The summed E-state index contributed by atoms with van der Waals surface area (Å²) in [4.78, 5) is 16.1. The van der Waals surface area contributed by atoms with Crippen molar-refractivity contribution in [2.24, 2.45) is 0 Å². The number of hydrogen-bond acceptors (Lipinski definition) is 2. The lowest BCUT2D eigenvalue weighted by Gasteiger charge is -2.07. The average molecular weight is 261 g/mol. The van der Waals surface area contributed by atoms with Crippen LogP contribution in [0.1, 0.15) is 21.6 Å². The van der Waals surface area contributed by atoms with Crippen molar-refractivity contribution in [3.05, 3.63) is 58.4 Å². The van der Waals surface area contributed by atoms with Crippen molar-refractivity contribution in [2.45, 2.75) is 13.8 Å². The van der Waals surface area contributed by atoms with E-state index in [4.69, 9.17) is 11.6 Å². The van der Waals surface area contributed by atoms with Crippen LogP contribution in [0.3, 0.4) is 0 Å². The summed E-state index contributed by atoms with van der Waals surface area (Å²) in [7, 11) is 0. The number of halogens is 1. The lowest BCUT2D eigenvalue weighted by atomic mass is 10.2. The molecule has 0 aliphatic carbocycles. The molecule has 0 radical (unpaired) electrons. The second-order valence-electron chi connectivity index (χ2n) is 4.11. The number of benzene rings is 1. The molecule has 0 saturated carbocycles. The zero-order valence-electron chi connectivity index (χ0n) is 10.2. The number of hydrogen-bond donors (Lipinski definition) is 1. The second-order valence-corrected chi connectivity index (χ2v) is 4.47. The van der Waals surface area contributed by atoms with Gasteiger partial charge in [0.1, 0.15) is 5.15 Å². The summed E-state index contributed by atoms with van der Waals surface area (Å²) in [6.45, 7) is 3.80. The van der Waals surface area contributed by atoms with E-state index in [0.29, 0.717) is 5.56 Å². The molecule has 18 heavy (non-hydrogen) atoms. The number of carbonyl (C=O) groups excluding carboxylic acids is 1. The minimum atomic E-state index is -0.252. The van der Waals surface area contributed by atoms with Crippen molar-refractivity contribution in [3.8, 4) is 0 Å². The number of aromatic nitrogens is 1. The van der Waals surface area contributed by atoms with Gasteiger partial charge in [0.05, 0.1) is 5.56 Å². The van der Waals surface area contributed by atoms with Gasteiger partial charge in [-0.05, 0) is 43.7 Å². The van der Waals surface area contributed by atoms with E-state index in [1.54, 1.807) is 12.1 Å². The number of pyridine rings is 1. The number of aryl methyl sites for hydroxylation is 2. The van der Waals surface area contributed by atoms with Crippen LogP contribution in [0.4, 0.5) is 5.69 Å². The molecule has 0 bridgehead atoms. The summed E-state index contributed by atoms with van der Waals surface area (Å²) in [6, 6.07) is 11.0. The normalized spacial score (nSPS) is 10.2. The van der Waals surface area contributed by atoms with Crippen LogP contribution in [0.15, 0.2) is 36.4 Å². The molecular weight excluding hydrogens is 248 g/mol. The van der Waals surface area contributed by atoms with Gasteiger partial charge >= 0.3 is 0 Å². The largest absolute Gasteiger partial charge is 0.322 e. The Morgan fingerprint density at radius 3 is 2.67 bits per heavy atom. The molecule has 0 spiro atoms. The number of nitrogens with zero attached hydrogens (tertiary/aromatic N) is 1. The van der Waals surface area contributed by atoms with Crippen LogP contribution < -0.4 is 5.32 Å². The first-order valence-corrected chi connectivity index (χ1v) is 5.95. The first-order valence-electron chi connectivity index (χ1n) is 5.57. The number of carbonyl (C=O) groups is 1. The molecule has 3 nitrogen and oxygen atoms in total. The van der Waals surface area contributed by atoms with Crippen molar-refractivity contribution in [1.82, 2.24) is 4.98 Å². The van der Waals surface area contributed by atoms with Crippen LogP contribution in [0.25, 0.3) is 0 Å². The molecule has 1 aromatic heterocycles. The van der Waals surface area contributed by atoms with Crippen molar-refractivity contribution in [2.75, 3.05) is 5.32 Å². The van der Waals surface area contributed by atoms with Gasteiger partial charge in [-0.3, -0.25) is 4.79 Å². The van der Waals surface area contributed by atoms with Gasteiger partial charge in [0.2, 0.25) is 0 Å². The van der Waals surface area contributed by atoms with E-state index in [0.717, 1.165) is 16.9 Å². The third-order valence-corrected chi connectivity index (χ3v) is 2.80. The number of rotatable bonds is 2. The van der Waals surface area contributed by atoms with E-state index in [1.165, 1.54) is 0 Å². The fraction of sp³-hybridized carbons (Fsp3) is 0.143. The molecule has 2 aromatic rings. The molecule has 1 aromatic carbocycles. The number of anilines is 1. The minimum absolute atomic E-state index is 0.222. The van der Waals surface area contributed by atoms with Crippen LogP contribution in [-0.2, 0) is 0 Å². The number of amides is 1. The maximum Gasteiger partial charge on any atom is 0.258 e. The minimum Gasteiger partial charge on any atom is -0.322 e. The monoisotopic (exact) mass is 260 g/mol. The quantitative estimate of drug-likeness (QED) is 0.839. The van der Waals surface area contributed by atoms with Crippen LogP contribution >= 0.6 is 11.6 Å². The molecule has 1 N–H and O–H groups in total. The molecule has 1 amide bonds. The average Bonchev–Trinajstić information content (AvgIpc) is 2.28. The molecule has 92 valence electrons. The fourth-order valence-electron chi connectivity index (χ4n) is 1.62. The molecule has 0 atom stereocenters. The van der Waals surface area contributed by atoms with Crippen LogP contribution in [0.5, 0.6) is 0 Å². The van der Waals surface area contributed by atoms with Crippen molar-refractivity contribution < 1.29 is 4.79 Å². The van der Waals surface area contributed by atoms with Gasteiger partial charge < -0.3 is 5.32 Å². The van der Waals surface area contributed by atoms with E-state index in [1.807, 2.05) is 38.1 Å². The molecule has 0 aliphatic rings. The van der Waals surface area contributed by atoms with E-state index < -0.39 is 0 Å². The third-order valence-electron chi connectivity index (χ3n) is 2.51. The van der Waals surface area contributed by atoms with Crippen LogP contribution in [-0.4, -0.2) is 10.9 Å². The Labute approximate surface area is 111 Å². The standard InChI is InChI=1S/C14H13ClN2O/c1-9-4-3-5-11(8-9)17-14(18)12-7-6-10(2)16-13(12)15/h3-8H,1-2H3,(H,17,18). The first-order chi connectivity index (χ1) is 8.56. The lowest BCUT2D eigenvalue weighted by molar-refractivity contribution is 0.102. The van der Waals surface area contributed by atoms with Crippen molar-refractivity contribution >= 4 is 23.2 Å². The highest BCUT2D eigenvalue weighted by Gasteiger charge is 2.11. The maximum atomic E-state index is 12.0. The van der Waals surface area contributed by atoms with Crippen LogP contribution in [0.2, 0.25) is 5.15 Å². The molecule has 0 saturated heterocycles. The summed E-state index contributed by atoms with van der Waals surface area (Å²) in [5.41, 5.74) is 2.99. The lowest BCUT2D eigenvalue weighted by Crippen LogP contribution is -2.13.